The zero-order valence-corrected chi connectivity index (χ0v) is 13.7. The fraction of sp³-hybridized carbons (Fsp3) is 0.538. The fourth-order valence-corrected chi connectivity index (χ4v) is 2.25. The highest BCUT2D eigenvalue weighted by Gasteiger charge is 2.31. The van der Waals surface area contributed by atoms with Gasteiger partial charge in [0, 0.05) is 17.8 Å². The van der Waals surface area contributed by atoms with E-state index in [-0.39, 0.29) is 34.6 Å². The first-order chi connectivity index (χ1) is 8.40. The number of hydrogen-bond acceptors (Lipinski definition) is 3. The van der Waals surface area contributed by atoms with Crippen molar-refractivity contribution < 1.29 is 33.4 Å². The van der Waals surface area contributed by atoms with Crippen molar-refractivity contribution >= 4 is 11.4 Å². The number of likely N-dealkylation sites (N-methyl/N-ethyl adjacent to an activating group) is 1. The molecule has 0 aromatic heterocycles. The second-order valence-electron chi connectivity index (χ2n) is 5.57. The number of rotatable bonds is 2. The Labute approximate surface area is 131 Å². The summed E-state index contributed by atoms with van der Waals surface area (Å²) in [6.45, 7) is 5.33. The SMILES string of the molecule is CC1CN(c2ccc([N+](=O)[O-])cc2)CC[N+]1(C)C.[I-]. The average molecular weight is 377 g/mol. The Kier molecular flexibility index (Phi) is 5.14. The van der Waals surface area contributed by atoms with E-state index in [1.54, 1.807) is 12.1 Å². The van der Waals surface area contributed by atoms with Gasteiger partial charge in [0.15, 0.2) is 0 Å². The van der Waals surface area contributed by atoms with Gasteiger partial charge in [-0.25, -0.2) is 0 Å². The molecule has 1 atom stereocenters. The van der Waals surface area contributed by atoms with E-state index < -0.39 is 0 Å². The molecule has 6 heteroatoms. The molecule has 1 unspecified atom stereocenters. The average Bonchev–Trinajstić information content (AvgIpc) is 2.33. The predicted octanol–water partition coefficient (Wildman–Crippen LogP) is -1.12. The number of nitro benzene ring substituents is 1. The van der Waals surface area contributed by atoms with E-state index in [9.17, 15) is 10.1 Å². The van der Waals surface area contributed by atoms with Gasteiger partial charge in [-0.05, 0) is 19.1 Å². The van der Waals surface area contributed by atoms with E-state index in [1.807, 2.05) is 12.1 Å². The lowest BCUT2D eigenvalue weighted by Gasteiger charge is -2.45. The number of nitrogens with zero attached hydrogens (tertiary/aromatic N) is 3. The Hall–Kier alpha value is -0.890. The molecule has 0 aliphatic carbocycles. The molecule has 106 valence electrons. The number of piperazine rings is 1. The first-order valence-electron chi connectivity index (χ1n) is 6.22. The number of hydrogen-bond donors (Lipinski definition) is 0. The molecule has 0 saturated carbocycles. The highest BCUT2D eigenvalue weighted by atomic mass is 127. The van der Waals surface area contributed by atoms with Crippen LogP contribution >= 0.6 is 0 Å². The predicted molar refractivity (Wildman–Crippen MR) is 71.7 cm³/mol. The lowest BCUT2D eigenvalue weighted by Crippen LogP contribution is -3.00. The van der Waals surface area contributed by atoms with Crippen molar-refractivity contribution in [3.63, 3.8) is 0 Å². The number of halogens is 1. The van der Waals surface area contributed by atoms with Crippen LogP contribution in [0.3, 0.4) is 0 Å². The third-order valence-electron chi connectivity index (χ3n) is 4.05. The number of quaternary nitrogens is 1. The molecule has 0 spiro atoms. The van der Waals surface area contributed by atoms with E-state index in [0.29, 0.717) is 6.04 Å². The Morgan fingerprint density at radius 1 is 1.32 bits per heavy atom. The number of nitro groups is 1. The minimum absolute atomic E-state index is 0. The Balaban J connectivity index is 0.00000180. The summed E-state index contributed by atoms with van der Waals surface area (Å²) in [5.74, 6) is 0. The van der Waals surface area contributed by atoms with Crippen LogP contribution in [-0.2, 0) is 0 Å². The van der Waals surface area contributed by atoms with Crippen LogP contribution in [0.5, 0.6) is 0 Å². The molecule has 1 aromatic carbocycles. The number of anilines is 1. The molecule has 1 aliphatic rings. The van der Waals surface area contributed by atoms with Gasteiger partial charge in [-0.15, -0.1) is 0 Å². The summed E-state index contributed by atoms with van der Waals surface area (Å²) in [5.41, 5.74) is 1.23. The second kappa shape index (κ2) is 6.04. The van der Waals surface area contributed by atoms with Crippen LogP contribution in [0.2, 0.25) is 0 Å². The summed E-state index contributed by atoms with van der Waals surface area (Å²) in [5, 5.41) is 10.6. The molecule has 0 amide bonds. The van der Waals surface area contributed by atoms with Crippen molar-refractivity contribution in [2.75, 3.05) is 38.6 Å². The largest absolute Gasteiger partial charge is 1.00 e. The lowest BCUT2D eigenvalue weighted by atomic mass is 10.1. The van der Waals surface area contributed by atoms with Crippen LogP contribution in [0.25, 0.3) is 0 Å². The summed E-state index contributed by atoms with van der Waals surface area (Å²) >= 11 is 0. The van der Waals surface area contributed by atoms with Crippen LogP contribution in [0.4, 0.5) is 11.4 Å². The van der Waals surface area contributed by atoms with Gasteiger partial charge in [-0.2, -0.15) is 0 Å². The van der Waals surface area contributed by atoms with Gasteiger partial charge in [0.05, 0.1) is 38.7 Å². The molecular weight excluding hydrogens is 357 g/mol. The van der Waals surface area contributed by atoms with Gasteiger partial charge in [0.1, 0.15) is 6.04 Å². The third-order valence-corrected chi connectivity index (χ3v) is 4.05. The van der Waals surface area contributed by atoms with Crippen molar-refractivity contribution in [1.29, 1.82) is 0 Å². The van der Waals surface area contributed by atoms with Crippen LogP contribution < -0.4 is 28.9 Å². The minimum atomic E-state index is -0.359. The molecule has 1 saturated heterocycles. The van der Waals surface area contributed by atoms with Crippen LogP contribution in [0.15, 0.2) is 24.3 Å². The highest BCUT2D eigenvalue weighted by molar-refractivity contribution is 5.51. The maximum absolute atomic E-state index is 10.6. The molecule has 0 N–H and O–H groups in total. The summed E-state index contributed by atoms with van der Waals surface area (Å²) < 4.78 is 1.03. The first kappa shape index (κ1) is 16.2. The first-order valence-corrected chi connectivity index (χ1v) is 6.22. The third kappa shape index (κ3) is 3.56. The van der Waals surface area contributed by atoms with Gasteiger partial charge >= 0.3 is 0 Å². The standard InChI is InChI=1S/C13H20N3O2.HI/c1-11-10-14(8-9-16(11,2)3)12-4-6-13(7-5-12)15(17)18;/h4-7,11H,8-10H2,1-3H3;1H/q+1;/p-1. The van der Waals surface area contributed by atoms with Crippen molar-refractivity contribution in [3.8, 4) is 0 Å². The molecule has 5 nitrogen and oxygen atoms in total. The highest BCUT2D eigenvalue weighted by Crippen LogP contribution is 2.23. The molecule has 1 aliphatic heterocycles. The van der Waals surface area contributed by atoms with E-state index in [0.717, 1.165) is 29.8 Å². The molecule has 19 heavy (non-hydrogen) atoms. The van der Waals surface area contributed by atoms with Crippen molar-refractivity contribution in [3.05, 3.63) is 34.4 Å². The maximum atomic E-state index is 10.6. The molecule has 1 heterocycles. The zero-order chi connectivity index (χ0) is 13.3. The van der Waals surface area contributed by atoms with Crippen molar-refractivity contribution in [2.24, 2.45) is 0 Å². The number of non-ortho nitro benzene ring substituents is 1. The topological polar surface area (TPSA) is 46.4 Å². The zero-order valence-electron chi connectivity index (χ0n) is 11.5. The minimum Gasteiger partial charge on any atom is -1.00 e. The van der Waals surface area contributed by atoms with E-state index in [2.05, 4.69) is 25.9 Å². The Morgan fingerprint density at radius 2 is 1.89 bits per heavy atom. The van der Waals surface area contributed by atoms with Gasteiger partial charge in [-0.1, -0.05) is 0 Å². The summed E-state index contributed by atoms with van der Waals surface area (Å²) in [6.07, 6.45) is 0. The van der Waals surface area contributed by atoms with Crippen molar-refractivity contribution in [2.45, 2.75) is 13.0 Å². The second-order valence-corrected chi connectivity index (χ2v) is 5.57. The normalized spacial score (nSPS) is 21.6. The van der Waals surface area contributed by atoms with E-state index >= 15 is 0 Å². The van der Waals surface area contributed by atoms with Crippen LogP contribution in [-0.4, -0.2) is 49.2 Å². The van der Waals surface area contributed by atoms with Crippen molar-refractivity contribution in [1.82, 2.24) is 0 Å². The Bertz CT molecular complexity index is 448. The lowest BCUT2D eigenvalue weighted by molar-refractivity contribution is -0.913. The van der Waals surface area contributed by atoms with Gasteiger partial charge in [0.25, 0.3) is 5.69 Å². The molecule has 1 aromatic rings. The Morgan fingerprint density at radius 3 is 2.37 bits per heavy atom. The molecule has 1 fully saturated rings. The smallest absolute Gasteiger partial charge is 0.269 e. The van der Waals surface area contributed by atoms with Gasteiger partial charge < -0.3 is 33.4 Å². The summed E-state index contributed by atoms with van der Waals surface area (Å²) in [4.78, 5) is 12.6. The van der Waals surface area contributed by atoms with E-state index in [4.69, 9.17) is 0 Å². The fourth-order valence-electron chi connectivity index (χ4n) is 2.25. The summed E-state index contributed by atoms with van der Waals surface area (Å²) in [6, 6.07) is 7.41. The monoisotopic (exact) mass is 377 g/mol. The van der Waals surface area contributed by atoms with Gasteiger partial charge in [0.2, 0.25) is 0 Å². The van der Waals surface area contributed by atoms with Crippen LogP contribution in [0, 0.1) is 10.1 Å². The van der Waals surface area contributed by atoms with Crippen LogP contribution in [0.1, 0.15) is 6.92 Å². The maximum Gasteiger partial charge on any atom is 0.269 e. The van der Waals surface area contributed by atoms with E-state index in [1.165, 1.54) is 0 Å². The molecule has 0 radical (unpaired) electrons. The summed E-state index contributed by atoms with van der Waals surface area (Å²) in [7, 11) is 4.50. The molecule has 0 bridgehead atoms. The molecular formula is C13H20IN3O2. The quantitative estimate of drug-likeness (QED) is 0.284. The molecule has 2 rings (SSSR count). The van der Waals surface area contributed by atoms with Gasteiger partial charge in [-0.3, -0.25) is 10.1 Å². The number of benzene rings is 1.